The van der Waals surface area contributed by atoms with Crippen LogP contribution in [0.4, 0.5) is 5.13 Å². The number of thiazole rings is 1. The summed E-state index contributed by atoms with van der Waals surface area (Å²) < 4.78 is 22.4. The molecule has 0 saturated heterocycles. The molecule has 0 bridgehead atoms. The summed E-state index contributed by atoms with van der Waals surface area (Å²) in [7, 11) is 6.25. The first kappa shape index (κ1) is 22.3. The molecule has 0 radical (unpaired) electrons. The number of hydrogen-bond acceptors (Lipinski definition) is 8. The Morgan fingerprint density at radius 3 is 2.27 bits per heavy atom. The summed E-state index contributed by atoms with van der Waals surface area (Å²) in [4.78, 5) is 24.2. The van der Waals surface area contributed by atoms with E-state index in [1.807, 2.05) is 18.2 Å². The van der Waals surface area contributed by atoms with Crippen molar-refractivity contribution in [1.29, 1.82) is 0 Å². The lowest BCUT2D eigenvalue weighted by atomic mass is 10.1. The molecular weight excluding hydrogens is 442 g/mol. The number of benzene rings is 2. The van der Waals surface area contributed by atoms with E-state index in [9.17, 15) is 4.79 Å². The number of hydrogen-bond donors (Lipinski definition) is 0. The minimum atomic E-state index is -0.224. The van der Waals surface area contributed by atoms with Gasteiger partial charge in [-0.1, -0.05) is 17.4 Å². The first-order valence-corrected chi connectivity index (χ1v) is 10.8. The summed E-state index contributed by atoms with van der Waals surface area (Å²) in [5.41, 5.74) is 2.04. The van der Waals surface area contributed by atoms with Gasteiger partial charge in [0.2, 0.25) is 0 Å². The van der Waals surface area contributed by atoms with E-state index in [0.717, 1.165) is 10.3 Å². The number of pyridine rings is 1. The summed E-state index contributed by atoms with van der Waals surface area (Å²) in [5, 5.41) is 0.545. The fourth-order valence-corrected chi connectivity index (χ4v) is 4.36. The normalized spacial score (nSPS) is 10.7. The minimum absolute atomic E-state index is 0.224. The molecule has 0 atom stereocenters. The molecule has 4 aromatic rings. The molecule has 2 heterocycles. The van der Waals surface area contributed by atoms with Crippen LogP contribution >= 0.6 is 11.3 Å². The quantitative estimate of drug-likeness (QED) is 0.377. The van der Waals surface area contributed by atoms with Crippen molar-refractivity contribution in [1.82, 2.24) is 9.97 Å². The highest BCUT2D eigenvalue weighted by atomic mass is 32.1. The van der Waals surface area contributed by atoms with Crippen LogP contribution in [-0.2, 0) is 6.54 Å². The number of carbonyl (C=O) groups is 1. The fraction of sp³-hybridized carbons (Fsp3) is 0.208. The molecule has 0 saturated carbocycles. The van der Waals surface area contributed by atoms with Crippen molar-refractivity contribution in [2.75, 3.05) is 33.3 Å². The average Bonchev–Trinajstić information content (AvgIpc) is 3.28. The number of amides is 1. The molecule has 4 rings (SSSR count). The van der Waals surface area contributed by atoms with Gasteiger partial charge in [0.15, 0.2) is 28.1 Å². The van der Waals surface area contributed by atoms with Crippen LogP contribution in [0.15, 0.2) is 54.9 Å². The van der Waals surface area contributed by atoms with Gasteiger partial charge in [-0.25, -0.2) is 4.98 Å². The average molecular weight is 466 g/mol. The van der Waals surface area contributed by atoms with Crippen LogP contribution in [0.3, 0.4) is 0 Å². The number of aromatic nitrogens is 2. The van der Waals surface area contributed by atoms with E-state index >= 15 is 0 Å². The van der Waals surface area contributed by atoms with E-state index in [0.29, 0.717) is 45.8 Å². The van der Waals surface area contributed by atoms with Gasteiger partial charge in [0.25, 0.3) is 5.91 Å². The number of carbonyl (C=O) groups excluding carboxylic acids is 1. The van der Waals surface area contributed by atoms with Crippen molar-refractivity contribution in [2.24, 2.45) is 0 Å². The Morgan fingerprint density at radius 2 is 1.61 bits per heavy atom. The SMILES string of the molecule is COc1ccc(C(=O)N(Cc2cccnc2)c2nc3cc(OC)c(OC)cc3s2)cc1OC. The van der Waals surface area contributed by atoms with E-state index < -0.39 is 0 Å². The van der Waals surface area contributed by atoms with Crippen LogP contribution in [-0.4, -0.2) is 44.3 Å². The Labute approximate surface area is 195 Å². The van der Waals surface area contributed by atoms with Gasteiger partial charge in [0.1, 0.15) is 0 Å². The lowest BCUT2D eigenvalue weighted by Crippen LogP contribution is -2.30. The monoisotopic (exact) mass is 465 g/mol. The van der Waals surface area contributed by atoms with Crippen LogP contribution in [0.25, 0.3) is 10.2 Å². The number of methoxy groups -OCH3 is 4. The topological polar surface area (TPSA) is 83.0 Å². The molecule has 170 valence electrons. The van der Waals surface area contributed by atoms with E-state index in [1.165, 1.54) is 18.4 Å². The Kier molecular flexibility index (Phi) is 6.60. The van der Waals surface area contributed by atoms with Crippen molar-refractivity contribution >= 4 is 32.6 Å². The Morgan fingerprint density at radius 1 is 0.909 bits per heavy atom. The van der Waals surface area contributed by atoms with Crippen LogP contribution in [0.1, 0.15) is 15.9 Å². The smallest absolute Gasteiger partial charge is 0.260 e. The maximum absolute atomic E-state index is 13.7. The molecule has 0 fully saturated rings. The Bertz CT molecular complexity index is 1240. The Hall–Kier alpha value is -3.85. The summed E-state index contributed by atoms with van der Waals surface area (Å²) in [6.07, 6.45) is 3.43. The summed E-state index contributed by atoms with van der Waals surface area (Å²) in [6, 6.07) is 12.5. The lowest BCUT2D eigenvalue weighted by Gasteiger charge is -2.20. The minimum Gasteiger partial charge on any atom is -0.493 e. The molecule has 0 aliphatic carbocycles. The molecule has 0 N–H and O–H groups in total. The molecule has 0 spiro atoms. The highest BCUT2D eigenvalue weighted by Gasteiger charge is 2.24. The van der Waals surface area contributed by atoms with Crippen molar-refractivity contribution in [2.45, 2.75) is 6.54 Å². The predicted octanol–water partition coefficient (Wildman–Crippen LogP) is 4.57. The van der Waals surface area contributed by atoms with Crippen molar-refractivity contribution in [3.05, 3.63) is 66.0 Å². The zero-order valence-electron chi connectivity index (χ0n) is 18.7. The van der Waals surface area contributed by atoms with E-state index in [4.69, 9.17) is 23.9 Å². The third kappa shape index (κ3) is 4.54. The van der Waals surface area contributed by atoms with Crippen LogP contribution in [0.2, 0.25) is 0 Å². The number of fused-ring (bicyclic) bond motifs is 1. The molecule has 2 aromatic carbocycles. The second-order valence-electron chi connectivity index (χ2n) is 6.99. The van der Waals surface area contributed by atoms with Gasteiger partial charge in [-0.2, -0.15) is 0 Å². The molecule has 0 unspecified atom stereocenters. The number of ether oxygens (including phenoxy) is 4. The van der Waals surface area contributed by atoms with Gasteiger partial charge in [-0.15, -0.1) is 0 Å². The second kappa shape index (κ2) is 9.74. The van der Waals surface area contributed by atoms with Gasteiger partial charge in [-0.3, -0.25) is 14.7 Å². The number of nitrogens with zero attached hydrogens (tertiary/aromatic N) is 3. The van der Waals surface area contributed by atoms with Crippen LogP contribution < -0.4 is 23.8 Å². The second-order valence-corrected chi connectivity index (χ2v) is 8.00. The lowest BCUT2D eigenvalue weighted by molar-refractivity contribution is 0.0984. The first-order valence-electron chi connectivity index (χ1n) is 10.0. The summed E-state index contributed by atoms with van der Waals surface area (Å²) in [5.74, 6) is 1.98. The predicted molar refractivity (Wildman–Crippen MR) is 127 cm³/mol. The van der Waals surface area contributed by atoms with Crippen LogP contribution in [0, 0.1) is 0 Å². The fourth-order valence-electron chi connectivity index (χ4n) is 3.38. The van der Waals surface area contributed by atoms with Gasteiger partial charge in [0, 0.05) is 30.1 Å². The van der Waals surface area contributed by atoms with Crippen molar-refractivity contribution in [3.63, 3.8) is 0 Å². The van der Waals surface area contributed by atoms with Gasteiger partial charge in [0.05, 0.1) is 45.2 Å². The van der Waals surface area contributed by atoms with Crippen LogP contribution in [0.5, 0.6) is 23.0 Å². The molecular formula is C24H23N3O5S. The maximum Gasteiger partial charge on any atom is 0.260 e. The Balaban J connectivity index is 1.79. The van der Waals surface area contributed by atoms with Crippen molar-refractivity contribution in [3.8, 4) is 23.0 Å². The van der Waals surface area contributed by atoms with Gasteiger partial charge < -0.3 is 18.9 Å². The van der Waals surface area contributed by atoms with Crippen molar-refractivity contribution < 1.29 is 23.7 Å². The van der Waals surface area contributed by atoms with Gasteiger partial charge >= 0.3 is 0 Å². The molecule has 1 amide bonds. The summed E-state index contributed by atoms with van der Waals surface area (Å²) in [6.45, 7) is 0.301. The van der Waals surface area contributed by atoms with Gasteiger partial charge in [-0.05, 0) is 29.8 Å². The highest BCUT2D eigenvalue weighted by Crippen LogP contribution is 2.38. The standard InChI is InChI=1S/C24H23N3O5S/c1-29-18-8-7-16(10-19(18)30-2)23(28)27(14-15-6-5-9-25-13-15)24-26-17-11-20(31-3)21(32-4)12-22(17)33-24/h5-13H,14H2,1-4H3. The zero-order valence-corrected chi connectivity index (χ0v) is 19.5. The summed E-state index contributed by atoms with van der Waals surface area (Å²) >= 11 is 1.40. The third-order valence-electron chi connectivity index (χ3n) is 5.05. The van der Waals surface area contributed by atoms with E-state index in [1.54, 1.807) is 62.9 Å². The molecule has 8 nitrogen and oxygen atoms in total. The molecule has 0 aliphatic heterocycles. The number of rotatable bonds is 8. The number of anilines is 1. The highest BCUT2D eigenvalue weighted by molar-refractivity contribution is 7.22. The maximum atomic E-state index is 13.7. The van der Waals surface area contributed by atoms with E-state index in [2.05, 4.69) is 4.98 Å². The first-order chi connectivity index (χ1) is 16.1. The molecule has 2 aromatic heterocycles. The molecule has 33 heavy (non-hydrogen) atoms. The zero-order chi connectivity index (χ0) is 23.4. The largest absolute Gasteiger partial charge is 0.493 e. The molecule has 9 heteroatoms. The van der Waals surface area contributed by atoms with E-state index in [-0.39, 0.29) is 5.91 Å². The third-order valence-corrected chi connectivity index (χ3v) is 6.09. The molecule has 0 aliphatic rings.